The third kappa shape index (κ3) is 7.17. The van der Waals surface area contributed by atoms with E-state index in [1.807, 2.05) is 0 Å². The molecule has 0 aromatic heterocycles. The molecule has 1 unspecified atom stereocenters. The SMILES string of the molecule is CCCCCCCCCCC1CN(Cc2ccccc2)CCC1=O. The Hall–Kier alpha value is -1.15. The van der Waals surface area contributed by atoms with Gasteiger partial charge in [-0.3, -0.25) is 9.69 Å². The Balaban J connectivity index is 1.62. The van der Waals surface area contributed by atoms with Gasteiger partial charge in [0.1, 0.15) is 5.78 Å². The molecule has 0 amide bonds. The lowest BCUT2D eigenvalue weighted by Crippen LogP contribution is -2.40. The van der Waals surface area contributed by atoms with Gasteiger partial charge in [-0.25, -0.2) is 0 Å². The summed E-state index contributed by atoms with van der Waals surface area (Å²) in [7, 11) is 0. The molecular formula is C22H35NO. The van der Waals surface area contributed by atoms with Gasteiger partial charge in [-0.15, -0.1) is 0 Å². The Labute approximate surface area is 148 Å². The van der Waals surface area contributed by atoms with Crippen LogP contribution in [0.4, 0.5) is 0 Å². The van der Waals surface area contributed by atoms with E-state index in [0.29, 0.717) is 5.78 Å². The van der Waals surface area contributed by atoms with Crippen LogP contribution >= 0.6 is 0 Å². The lowest BCUT2D eigenvalue weighted by Gasteiger charge is -2.31. The molecule has 1 atom stereocenters. The van der Waals surface area contributed by atoms with E-state index in [4.69, 9.17) is 0 Å². The summed E-state index contributed by atoms with van der Waals surface area (Å²) in [5.41, 5.74) is 1.36. The molecule has 1 aliphatic heterocycles. The molecule has 1 saturated heterocycles. The van der Waals surface area contributed by atoms with Crippen molar-refractivity contribution in [2.24, 2.45) is 5.92 Å². The van der Waals surface area contributed by atoms with Crippen LogP contribution in [0.25, 0.3) is 0 Å². The lowest BCUT2D eigenvalue weighted by atomic mass is 9.90. The third-order valence-electron chi connectivity index (χ3n) is 5.26. The zero-order chi connectivity index (χ0) is 17.0. The predicted molar refractivity (Wildman–Crippen MR) is 102 cm³/mol. The number of nitrogens with zero attached hydrogens (tertiary/aromatic N) is 1. The Morgan fingerprint density at radius 3 is 2.33 bits per heavy atom. The maximum atomic E-state index is 12.2. The Morgan fingerprint density at radius 1 is 0.958 bits per heavy atom. The van der Waals surface area contributed by atoms with E-state index in [9.17, 15) is 4.79 Å². The molecule has 1 fully saturated rings. The largest absolute Gasteiger partial charge is 0.299 e. The number of rotatable bonds is 11. The number of Topliss-reactive ketones (excluding diaryl/α,β-unsaturated/α-hetero) is 1. The van der Waals surface area contributed by atoms with Crippen molar-refractivity contribution in [3.05, 3.63) is 35.9 Å². The number of hydrogen-bond acceptors (Lipinski definition) is 2. The van der Waals surface area contributed by atoms with E-state index in [2.05, 4.69) is 42.2 Å². The Kier molecular flexibility index (Phi) is 9.12. The van der Waals surface area contributed by atoms with Crippen LogP contribution in [-0.4, -0.2) is 23.8 Å². The van der Waals surface area contributed by atoms with Gasteiger partial charge in [0.25, 0.3) is 0 Å². The van der Waals surface area contributed by atoms with Gasteiger partial charge in [0.05, 0.1) is 0 Å². The van der Waals surface area contributed by atoms with E-state index in [-0.39, 0.29) is 5.92 Å². The van der Waals surface area contributed by atoms with Crippen molar-refractivity contribution in [2.75, 3.05) is 13.1 Å². The van der Waals surface area contributed by atoms with Crippen LogP contribution in [0.2, 0.25) is 0 Å². The first-order valence-electron chi connectivity index (χ1n) is 10.1. The van der Waals surface area contributed by atoms with Crippen LogP contribution in [-0.2, 0) is 11.3 Å². The molecule has 0 radical (unpaired) electrons. The van der Waals surface area contributed by atoms with Gasteiger partial charge in [0.15, 0.2) is 0 Å². The fourth-order valence-electron chi connectivity index (χ4n) is 3.74. The minimum absolute atomic E-state index is 0.280. The topological polar surface area (TPSA) is 20.3 Å². The highest BCUT2D eigenvalue weighted by molar-refractivity contribution is 5.82. The van der Waals surface area contributed by atoms with Crippen LogP contribution < -0.4 is 0 Å². The number of likely N-dealkylation sites (tertiary alicyclic amines) is 1. The molecule has 1 aromatic carbocycles. The molecule has 2 heteroatoms. The fourth-order valence-corrected chi connectivity index (χ4v) is 3.74. The minimum Gasteiger partial charge on any atom is -0.299 e. The normalized spacial score (nSPS) is 18.9. The van der Waals surface area contributed by atoms with Crippen molar-refractivity contribution in [1.82, 2.24) is 4.90 Å². The summed E-state index contributed by atoms with van der Waals surface area (Å²) >= 11 is 0. The van der Waals surface area contributed by atoms with E-state index in [1.54, 1.807) is 0 Å². The van der Waals surface area contributed by atoms with Crippen molar-refractivity contribution in [3.63, 3.8) is 0 Å². The predicted octanol–water partition coefficient (Wildman–Crippen LogP) is 5.61. The third-order valence-corrected chi connectivity index (χ3v) is 5.26. The minimum atomic E-state index is 0.280. The molecule has 0 aliphatic carbocycles. The molecule has 1 heterocycles. The second-order valence-corrected chi connectivity index (χ2v) is 7.40. The second kappa shape index (κ2) is 11.4. The molecule has 1 aliphatic rings. The lowest BCUT2D eigenvalue weighted by molar-refractivity contribution is -0.126. The first-order chi connectivity index (χ1) is 11.8. The highest BCUT2D eigenvalue weighted by Gasteiger charge is 2.26. The Morgan fingerprint density at radius 2 is 1.62 bits per heavy atom. The molecule has 0 saturated carbocycles. The highest BCUT2D eigenvalue weighted by atomic mass is 16.1. The summed E-state index contributed by atoms with van der Waals surface area (Å²) in [6.07, 6.45) is 12.6. The van der Waals surface area contributed by atoms with E-state index in [1.165, 1.54) is 56.9 Å². The van der Waals surface area contributed by atoms with Gasteiger partial charge >= 0.3 is 0 Å². The van der Waals surface area contributed by atoms with Crippen LogP contribution in [0.15, 0.2) is 30.3 Å². The molecule has 134 valence electrons. The smallest absolute Gasteiger partial charge is 0.138 e. The second-order valence-electron chi connectivity index (χ2n) is 7.40. The van der Waals surface area contributed by atoms with Crippen LogP contribution in [0, 0.1) is 5.92 Å². The number of hydrogen-bond donors (Lipinski definition) is 0. The molecule has 2 nitrogen and oxygen atoms in total. The van der Waals surface area contributed by atoms with Gasteiger partial charge in [-0.05, 0) is 12.0 Å². The zero-order valence-electron chi connectivity index (χ0n) is 15.5. The monoisotopic (exact) mass is 329 g/mol. The molecule has 0 bridgehead atoms. The van der Waals surface area contributed by atoms with Crippen LogP contribution in [0.3, 0.4) is 0 Å². The molecular weight excluding hydrogens is 294 g/mol. The van der Waals surface area contributed by atoms with Crippen molar-refractivity contribution < 1.29 is 4.79 Å². The van der Waals surface area contributed by atoms with E-state index >= 15 is 0 Å². The maximum absolute atomic E-state index is 12.2. The first-order valence-corrected chi connectivity index (χ1v) is 10.1. The molecule has 24 heavy (non-hydrogen) atoms. The van der Waals surface area contributed by atoms with Gasteiger partial charge < -0.3 is 0 Å². The number of unbranched alkanes of at least 4 members (excludes halogenated alkanes) is 7. The summed E-state index contributed by atoms with van der Waals surface area (Å²) in [5.74, 6) is 0.782. The maximum Gasteiger partial charge on any atom is 0.138 e. The summed E-state index contributed by atoms with van der Waals surface area (Å²) < 4.78 is 0. The number of carbonyl (C=O) groups is 1. The van der Waals surface area contributed by atoms with Crippen LogP contribution in [0.5, 0.6) is 0 Å². The van der Waals surface area contributed by atoms with Crippen molar-refractivity contribution in [3.8, 4) is 0 Å². The van der Waals surface area contributed by atoms with Crippen molar-refractivity contribution >= 4 is 5.78 Å². The zero-order valence-corrected chi connectivity index (χ0v) is 15.5. The summed E-state index contributed by atoms with van der Waals surface area (Å²) in [4.78, 5) is 14.7. The highest BCUT2D eigenvalue weighted by Crippen LogP contribution is 2.21. The van der Waals surface area contributed by atoms with E-state index < -0.39 is 0 Å². The van der Waals surface area contributed by atoms with Gasteiger partial charge in [-0.1, -0.05) is 88.6 Å². The first kappa shape index (κ1) is 19.2. The summed E-state index contributed by atoms with van der Waals surface area (Å²) in [6, 6.07) is 10.6. The summed E-state index contributed by atoms with van der Waals surface area (Å²) in [6.45, 7) is 5.15. The molecule has 0 spiro atoms. The van der Waals surface area contributed by atoms with Crippen LogP contribution in [0.1, 0.15) is 76.7 Å². The quantitative estimate of drug-likeness (QED) is 0.492. The molecule has 1 aromatic rings. The average Bonchev–Trinajstić information content (AvgIpc) is 2.61. The number of carbonyl (C=O) groups excluding carboxylic acids is 1. The van der Waals surface area contributed by atoms with Gasteiger partial charge in [0, 0.05) is 32.0 Å². The fraction of sp³-hybridized carbons (Fsp3) is 0.682. The Bertz CT molecular complexity index is 456. The molecule has 0 N–H and O–H groups in total. The average molecular weight is 330 g/mol. The summed E-state index contributed by atoms with van der Waals surface area (Å²) in [5, 5.41) is 0. The van der Waals surface area contributed by atoms with Gasteiger partial charge in [-0.2, -0.15) is 0 Å². The van der Waals surface area contributed by atoms with Crippen molar-refractivity contribution in [2.45, 2.75) is 77.7 Å². The number of piperidine rings is 1. The molecule has 2 rings (SSSR count). The van der Waals surface area contributed by atoms with E-state index in [0.717, 1.165) is 32.5 Å². The number of benzene rings is 1. The van der Waals surface area contributed by atoms with Gasteiger partial charge in [0.2, 0.25) is 0 Å². The standard InChI is InChI=1S/C22H35NO/c1-2-3-4-5-6-7-8-12-15-21-19-23(17-16-22(21)24)18-20-13-10-9-11-14-20/h9-11,13-14,21H,2-8,12,15-19H2,1H3. The van der Waals surface area contributed by atoms with Crippen molar-refractivity contribution in [1.29, 1.82) is 0 Å². The number of ketones is 1.